The fourth-order valence-electron chi connectivity index (χ4n) is 5.10. The molecule has 3 aromatic rings. The topological polar surface area (TPSA) is 52.9 Å². The molecule has 1 atom stereocenters. The van der Waals surface area contributed by atoms with E-state index < -0.39 is 0 Å². The number of hydrogen-bond donors (Lipinski definition) is 0. The zero-order chi connectivity index (χ0) is 21.8. The van der Waals surface area contributed by atoms with E-state index in [1.54, 1.807) is 0 Å². The number of ether oxygens (including phenoxy) is 3. The van der Waals surface area contributed by atoms with Crippen molar-refractivity contribution in [2.45, 2.75) is 32.4 Å². The van der Waals surface area contributed by atoms with Crippen LogP contribution in [0.15, 0.2) is 42.3 Å². The molecule has 0 bridgehead atoms. The Morgan fingerprint density at radius 2 is 2.12 bits per heavy atom. The van der Waals surface area contributed by atoms with Gasteiger partial charge in [-0.15, -0.1) is 0 Å². The lowest BCUT2D eigenvalue weighted by molar-refractivity contribution is 0.0273. The van der Waals surface area contributed by atoms with Crippen LogP contribution in [0.1, 0.15) is 39.9 Å². The Labute approximate surface area is 187 Å². The molecule has 1 aromatic heterocycles. The minimum absolute atomic E-state index is 0.0653. The number of aromatic nitrogens is 1. The fraction of sp³-hybridized carbons (Fsp3) is 0.346. The van der Waals surface area contributed by atoms with Crippen LogP contribution in [0.2, 0.25) is 0 Å². The molecule has 1 fully saturated rings. The van der Waals surface area contributed by atoms with E-state index in [0.29, 0.717) is 30.3 Å². The molecular formula is C26H26N2O4. The zero-order valence-electron chi connectivity index (χ0n) is 18.4. The van der Waals surface area contributed by atoms with E-state index in [4.69, 9.17) is 14.2 Å². The molecule has 3 aliphatic rings. The van der Waals surface area contributed by atoms with Crippen molar-refractivity contribution >= 4 is 22.8 Å². The Balaban J connectivity index is 1.35. The first kappa shape index (κ1) is 19.6. The van der Waals surface area contributed by atoms with E-state index in [-0.39, 0.29) is 11.9 Å². The highest BCUT2D eigenvalue weighted by Crippen LogP contribution is 2.44. The lowest BCUT2D eigenvalue weighted by atomic mass is 9.98. The van der Waals surface area contributed by atoms with Crippen LogP contribution < -0.4 is 9.47 Å². The second-order valence-electron chi connectivity index (χ2n) is 8.95. The summed E-state index contributed by atoms with van der Waals surface area (Å²) in [4.78, 5) is 15.6. The van der Waals surface area contributed by atoms with Gasteiger partial charge in [0.05, 0.1) is 17.2 Å². The summed E-state index contributed by atoms with van der Waals surface area (Å²) in [7, 11) is 2.01. The van der Waals surface area contributed by atoms with Crippen LogP contribution in [0.25, 0.3) is 17.0 Å². The van der Waals surface area contributed by atoms with Gasteiger partial charge >= 0.3 is 0 Å². The van der Waals surface area contributed by atoms with Crippen LogP contribution in [0.3, 0.4) is 0 Å². The average molecular weight is 431 g/mol. The quantitative estimate of drug-likeness (QED) is 0.576. The number of allylic oxidation sites excluding steroid dienone is 1. The number of nitrogens with zero attached hydrogens (tertiary/aromatic N) is 2. The summed E-state index contributed by atoms with van der Waals surface area (Å²) >= 11 is 0. The predicted octanol–water partition coefficient (Wildman–Crippen LogP) is 4.43. The van der Waals surface area contributed by atoms with Crippen molar-refractivity contribution in [3.63, 3.8) is 0 Å². The number of carbonyl (C=O) groups is 1. The van der Waals surface area contributed by atoms with E-state index in [0.717, 1.165) is 59.3 Å². The molecule has 0 aliphatic carbocycles. The molecule has 0 spiro atoms. The smallest absolute Gasteiger partial charge is 0.232 e. The van der Waals surface area contributed by atoms with Gasteiger partial charge < -0.3 is 18.8 Å². The van der Waals surface area contributed by atoms with Crippen LogP contribution in [-0.2, 0) is 18.3 Å². The third-order valence-corrected chi connectivity index (χ3v) is 6.69. The van der Waals surface area contributed by atoms with Gasteiger partial charge in [0.2, 0.25) is 5.78 Å². The number of ketones is 1. The number of fused-ring (bicyclic) bond motifs is 4. The Morgan fingerprint density at radius 1 is 1.25 bits per heavy atom. The van der Waals surface area contributed by atoms with Gasteiger partial charge in [0, 0.05) is 49.4 Å². The summed E-state index contributed by atoms with van der Waals surface area (Å²) in [6.45, 7) is 4.83. The first-order chi connectivity index (χ1) is 15.6. The molecule has 32 heavy (non-hydrogen) atoms. The zero-order valence-corrected chi connectivity index (χ0v) is 18.4. The summed E-state index contributed by atoms with van der Waals surface area (Å²) in [6, 6.07) is 10.1. The van der Waals surface area contributed by atoms with Crippen molar-refractivity contribution in [3.8, 4) is 11.5 Å². The predicted molar refractivity (Wildman–Crippen MR) is 122 cm³/mol. The number of Topliss-reactive ketones (excluding diaryl/α,β-unsaturated/α-hetero) is 1. The van der Waals surface area contributed by atoms with Crippen LogP contribution >= 0.6 is 0 Å². The van der Waals surface area contributed by atoms with Gasteiger partial charge in [-0.05, 0) is 43.5 Å². The van der Waals surface area contributed by atoms with Crippen LogP contribution in [0, 0.1) is 6.92 Å². The largest absolute Gasteiger partial charge is 0.478 e. The van der Waals surface area contributed by atoms with Crippen molar-refractivity contribution < 1.29 is 19.0 Å². The molecule has 1 saturated heterocycles. The number of rotatable bonds is 3. The number of hydrogen-bond acceptors (Lipinski definition) is 5. The lowest BCUT2D eigenvalue weighted by Crippen LogP contribution is -2.37. The molecule has 4 heterocycles. The summed E-state index contributed by atoms with van der Waals surface area (Å²) in [5.41, 5.74) is 4.58. The average Bonchev–Trinajstić information content (AvgIpc) is 3.49. The molecule has 1 unspecified atom stereocenters. The number of carbonyl (C=O) groups excluding carboxylic acids is 1. The third-order valence-electron chi connectivity index (χ3n) is 6.69. The third kappa shape index (κ3) is 3.14. The summed E-state index contributed by atoms with van der Waals surface area (Å²) in [5, 5.41) is 1.10. The van der Waals surface area contributed by atoms with E-state index in [2.05, 4.69) is 21.6 Å². The Morgan fingerprint density at radius 3 is 2.97 bits per heavy atom. The standard InChI is InChI=1S/C26H26N2O4/c1-16-10-22-20(14-28(15-31-22)13-18-6-5-9-30-18)26-24(16)25(29)23(32-26)11-17-12-27(2)21-8-4-3-7-19(17)21/h3-4,7-8,10-12,18H,5-6,9,13-15H2,1-2H3/b23-11-. The van der Waals surface area contributed by atoms with Crippen molar-refractivity contribution in [1.29, 1.82) is 0 Å². The van der Waals surface area contributed by atoms with Crippen LogP contribution in [0.5, 0.6) is 11.5 Å². The highest BCUT2D eigenvalue weighted by Gasteiger charge is 2.36. The lowest BCUT2D eigenvalue weighted by Gasteiger charge is -2.31. The van der Waals surface area contributed by atoms with Gasteiger partial charge in [-0.2, -0.15) is 0 Å². The van der Waals surface area contributed by atoms with Gasteiger partial charge in [0.1, 0.15) is 18.2 Å². The molecule has 0 saturated carbocycles. The molecule has 6 nitrogen and oxygen atoms in total. The van der Waals surface area contributed by atoms with Crippen molar-refractivity contribution in [2.75, 3.05) is 19.9 Å². The minimum Gasteiger partial charge on any atom is -0.478 e. The van der Waals surface area contributed by atoms with Crippen molar-refractivity contribution in [2.24, 2.45) is 7.05 Å². The number of benzene rings is 2. The fourth-order valence-corrected chi connectivity index (χ4v) is 5.10. The maximum atomic E-state index is 13.3. The van der Waals surface area contributed by atoms with Gasteiger partial charge in [-0.3, -0.25) is 9.69 Å². The van der Waals surface area contributed by atoms with Gasteiger partial charge in [-0.25, -0.2) is 0 Å². The van der Waals surface area contributed by atoms with E-state index in [1.165, 1.54) is 0 Å². The molecule has 3 aliphatic heterocycles. The highest BCUT2D eigenvalue weighted by atomic mass is 16.5. The van der Waals surface area contributed by atoms with E-state index in [1.807, 2.05) is 44.4 Å². The summed E-state index contributed by atoms with van der Waals surface area (Å²) in [5.74, 6) is 1.76. The molecule has 2 aromatic carbocycles. The molecule has 164 valence electrons. The van der Waals surface area contributed by atoms with E-state index >= 15 is 0 Å². The second kappa shape index (κ2) is 7.50. The molecule has 0 amide bonds. The maximum absolute atomic E-state index is 13.3. The Bertz CT molecular complexity index is 1270. The minimum atomic E-state index is -0.0653. The number of para-hydroxylation sites is 1. The van der Waals surface area contributed by atoms with Crippen LogP contribution in [-0.4, -0.2) is 41.2 Å². The van der Waals surface area contributed by atoms with Crippen molar-refractivity contribution in [1.82, 2.24) is 9.47 Å². The maximum Gasteiger partial charge on any atom is 0.232 e. The molecule has 6 heteroatoms. The summed E-state index contributed by atoms with van der Waals surface area (Å²) in [6.07, 6.45) is 6.35. The highest BCUT2D eigenvalue weighted by molar-refractivity contribution is 6.16. The van der Waals surface area contributed by atoms with Crippen LogP contribution in [0.4, 0.5) is 0 Å². The van der Waals surface area contributed by atoms with Gasteiger partial charge in [-0.1, -0.05) is 18.2 Å². The normalized spacial score (nSPS) is 21.6. The molecule has 0 radical (unpaired) electrons. The molecule has 6 rings (SSSR count). The first-order valence-corrected chi connectivity index (χ1v) is 11.2. The SMILES string of the molecule is Cc1cc2c(c3c1C(=O)/C(=C/c1cn(C)c4ccccc14)O3)CN(CC1CCCO1)CO2. The first-order valence-electron chi connectivity index (χ1n) is 11.2. The molecular weight excluding hydrogens is 404 g/mol. The summed E-state index contributed by atoms with van der Waals surface area (Å²) < 4.78 is 20.2. The van der Waals surface area contributed by atoms with E-state index in [9.17, 15) is 4.79 Å². The Kier molecular flexibility index (Phi) is 4.59. The second-order valence-corrected chi connectivity index (χ2v) is 8.95. The molecule has 0 N–H and O–H groups in total. The van der Waals surface area contributed by atoms with Gasteiger partial charge in [0.25, 0.3) is 0 Å². The Hall–Kier alpha value is -3.09. The monoisotopic (exact) mass is 430 g/mol. The van der Waals surface area contributed by atoms with Crippen molar-refractivity contribution in [3.05, 3.63) is 64.5 Å². The van der Waals surface area contributed by atoms with Gasteiger partial charge in [0.15, 0.2) is 5.76 Å². The number of aryl methyl sites for hydroxylation is 2.